The third kappa shape index (κ3) is 4.32. The third-order valence-electron chi connectivity index (χ3n) is 6.12. The second-order valence-corrected chi connectivity index (χ2v) is 8.82. The second kappa shape index (κ2) is 8.57. The third-order valence-corrected chi connectivity index (χ3v) is 6.12. The maximum atomic E-state index is 13.0. The van der Waals surface area contributed by atoms with Gasteiger partial charge in [0.15, 0.2) is 0 Å². The Hall–Kier alpha value is -2.34. The first-order chi connectivity index (χ1) is 14.0. The summed E-state index contributed by atoms with van der Waals surface area (Å²) < 4.78 is 0. The summed E-state index contributed by atoms with van der Waals surface area (Å²) >= 11 is 0. The van der Waals surface area contributed by atoms with E-state index in [2.05, 4.69) is 47.7 Å². The zero-order valence-electron chi connectivity index (χ0n) is 17.5. The van der Waals surface area contributed by atoms with E-state index >= 15 is 0 Å². The number of carbonyl (C=O) groups excluding carboxylic acids is 2. The van der Waals surface area contributed by atoms with Crippen LogP contribution in [0.3, 0.4) is 0 Å². The summed E-state index contributed by atoms with van der Waals surface area (Å²) in [7, 11) is 0. The SMILES string of the molecule is CC(C)CC1NC(C(=O)NCCCN2CCCC2=O)Cc2c[nH]c3cccc1c23. The van der Waals surface area contributed by atoms with Crippen LogP contribution in [0.4, 0.5) is 0 Å². The van der Waals surface area contributed by atoms with Crippen LogP contribution in [0.1, 0.15) is 56.7 Å². The van der Waals surface area contributed by atoms with E-state index in [1.807, 2.05) is 11.1 Å². The Morgan fingerprint density at radius 3 is 2.97 bits per heavy atom. The molecule has 3 N–H and O–H groups in total. The van der Waals surface area contributed by atoms with Gasteiger partial charge in [-0.3, -0.25) is 14.9 Å². The molecule has 1 saturated heterocycles. The summed E-state index contributed by atoms with van der Waals surface area (Å²) in [6.07, 6.45) is 6.15. The number of hydrogen-bond acceptors (Lipinski definition) is 3. The average Bonchev–Trinajstić information content (AvgIpc) is 3.25. The molecule has 0 radical (unpaired) electrons. The molecule has 2 unspecified atom stereocenters. The quantitative estimate of drug-likeness (QED) is 0.630. The van der Waals surface area contributed by atoms with Crippen LogP contribution in [0.2, 0.25) is 0 Å². The van der Waals surface area contributed by atoms with Crippen LogP contribution in [0.15, 0.2) is 24.4 Å². The second-order valence-electron chi connectivity index (χ2n) is 8.82. The highest BCUT2D eigenvalue weighted by Crippen LogP contribution is 2.34. The lowest BCUT2D eigenvalue weighted by Crippen LogP contribution is -2.47. The minimum atomic E-state index is -0.251. The Morgan fingerprint density at radius 1 is 1.34 bits per heavy atom. The van der Waals surface area contributed by atoms with Crippen molar-refractivity contribution in [3.63, 3.8) is 0 Å². The van der Waals surface area contributed by atoms with E-state index in [1.165, 1.54) is 16.5 Å². The summed E-state index contributed by atoms with van der Waals surface area (Å²) in [6.45, 7) is 6.64. The van der Waals surface area contributed by atoms with Crippen LogP contribution in [-0.4, -0.2) is 47.4 Å². The lowest BCUT2D eigenvalue weighted by Gasteiger charge is -2.25. The van der Waals surface area contributed by atoms with Crippen molar-refractivity contribution in [1.29, 1.82) is 0 Å². The van der Waals surface area contributed by atoms with Crippen LogP contribution in [0.25, 0.3) is 10.9 Å². The van der Waals surface area contributed by atoms with Gasteiger partial charge in [-0.15, -0.1) is 0 Å². The molecule has 1 aromatic heterocycles. The molecular formula is C23H32N4O2. The Morgan fingerprint density at radius 2 is 2.21 bits per heavy atom. The van der Waals surface area contributed by atoms with E-state index in [1.54, 1.807) is 0 Å². The fourth-order valence-corrected chi connectivity index (χ4v) is 4.73. The van der Waals surface area contributed by atoms with Crippen LogP contribution in [-0.2, 0) is 16.0 Å². The van der Waals surface area contributed by atoms with Gasteiger partial charge in [-0.25, -0.2) is 0 Å². The van der Waals surface area contributed by atoms with Gasteiger partial charge >= 0.3 is 0 Å². The number of H-pyrrole nitrogens is 1. The van der Waals surface area contributed by atoms with E-state index < -0.39 is 0 Å². The average molecular weight is 397 g/mol. The molecule has 0 bridgehead atoms. The Labute approximate surface area is 172 Å². The van der Waals surface area contributed by atoms with Crippen molar-refractivity contribution in [2.75, 3.05) is 19.6 Å². The van der Waals surface area contributed by atoms with E-state index in [9.17, 15) is 9.59 Å². The lowest BCUT2D eigenvalue weighted by molar-refractivity contribution is -0.127. The maximum Gasteiger partial charge on any atom is 0.237 e. The molecule has 0 saturated carbocycles. The van der Waals surface area contributed by atoms with Crippen molar-refractivity contribution in [2.24, 2.45) is 5.92 Å². The van der Waals surface area contributed by atoms with Crippen LogP contribution in [0, 0.1) is 5.92 Å². The molecule has 6 heteroatoms. The summed E-state index contributed by atoms with van der Waals surface area (Å²) in [5, 5.41) is 8.00. The Balaban J connectivity index is 1.42. The number of aromatic amines is 1. The molecule has 6 nitrogen and oxygen atoms in total. The molecule has 156 valence electrons. The highest BCUT2D eigenvalue weighted by atomic mass is 16.2. The first kappa shape index (κ1) is 20.0. The number of amides is 2. The first-order valence-electron chi connectivity index (χ1n) is 10.9. The number of likely N-dealkylation sites (tertiary alicyclic amines) is 1. The van der Waals surface area contributed by atoms with Gasteiger partial charge in [0.2, 0.25) is 11.8 Å². The minimum Gasteiger partial charge on any atom is -0.361 e. The molecule has 2 atom stereocenters. The van der Waals surface area contributed by atoms with Gasteiger partial charge in [-0.1, -0.05) is 26.0 Å². The highest BCUT2D eigenvalue weighted by Gasteiger charge is 2.30. The topological polar surface area (TPSA) is 77.2 Å². The van der Waals surface area contributed by atoms with Gasteiger partial charge in [0.05, 0.1) is 6.04 Å². The van der Waals surface area contributed by atoms with Crippen molar-refractivity contribution >= 4 is 22.7 Å². The Kier molecular flexibility index (Phi) is 5.90. The van der Waals surface area contributed by atoms with Crippen molar-refractivity contribution in [1.82, 2.24) is 20.5 Å². The van der Waals surface area contributed by atoms with E-state index in [0.717, 1.165) is 37.9 Å². The number of aromatic nitrogens is 1. The number of rotatable bonds is 7. The Bertz CT molecular complexity index is 888. The molecule has 2 amide bonds. The van der Waals surface area contributed by atoms with Gasteiger partial charge in [0.25, 0.3) is 0 Å². The maximum absolute atomic E-state index is 13.0. The fraction of sp³-hybridized carbons (Fsp3) is 0.565. The van der Waals surface area contributed by atoms with Crippen molar-refractivity contribution in [3.8, 4) is 0 Å². The number of nitrogens with one attached hydrogen (secondary N) is 3. The summed E-state index contributed by atoms with van der Waals surface area (Å²) in [6, 6.07) is 6.29. The van der Waals surface area contributed by atoms with Crippen molar-refractivity contribution < 1.29 is 9.59 Å². The predicted octanol–water partition coefficient (Wildman–Crippen LogP) is 2.90. The lowest BCUT2D eigenvalue weighted by atomic mass is 9.94. The fourth-order valence-electron chi connectivity index (χ4n) is 4.73. The van der Waals surface area contributed by atoms with E-state index in [0.29, 0.717) is 25.3 Å². The van der Waals surface area contributed by atoms with Crippen molar-refractivity contribution in [2.45, 2.75) is 58.0 Å². The van der Waals surface area contributed by atoms with Gasteiger partial charge < -0.3 is 15.2 Å². The van der Waals surface area contributed by atoms with Crippen LogP contribution < -0.4 is 10.6 Å². The first-order valence-corrected chi connectivity index (χ1v) is 10.9. The van der Waals surface area contributed by atoms with Gasteiger partial charge in [-0.2, -0.15) is 0 Å². The zero-order valence-corrected chi connectivity index (χ0v) is 17.5. The molecule has 2 aromatic rings. The largest absolute Gasteiger partial charge is 0.361 e. The number of hydrogen-bond donors (Lipinski definition) is 3. The summed E-state index contributed by atoms with van der Waals surface area (Å²) in [4.78, 5) is 30.0. The zero-order chi connectivity index (χ0) is 20.4. The molecule has 0 aliphatic carbocycles. The van der Waals surface area contributed by atoms with E-state index in [4.69, 9.17) is 0 Å². The number of benzene rings is 1. The molecule has 2 aliphatic heterocycles. The molecule has 1 aromatic carbocycles. The normalized spacial score (nSPS) is 21.8. The molecule has 4 rings (SSSR count). The van der Waals surface area contributed by atoms with Crippen molar-refractivity contribution in [3.05, 3.63) is 35.5 Å². The molecule has 2 aliphatic rings. The summed E-state index contributed by atoms with van der Waals surface area (Å²) in [5.74, 6) is 0.825. The highest BCUT2D eigenvalue weighted by molar-refractivity contribution is 5.90. The van der Waals surface area contributed by atoms with E-state index in [-0.39, 0.29) is 23.9 Å². The molecule has 1 fully saturated rings. The van der Waals surface area contributed by atoms with Crippen LogP contribution in [0.5, 0.6) is 0 Å². The standard InChI is InChI=1S/C23H32N4O2/c1-15(2)12-19-17-6-3-7-18-22(17)16(14-25-18)13-20(26-19)23(29)24-9-5-11-27-10-4-8-21(27)28/h3,6-7,14-15,19-20,25-26H,4-5,8-13H2,1-2H3,(H,24,29). The van der Waals surface area contributed by atoms with Gasteiger partial charge in [0.1, 0.15) is 0 Å². The van der Waals surface area contributed by atoms with Crippen LogP contribution >= 0.6 is 0 Å². The van der Waals surface area contributed by atoms with Gasteiger partial charge in [-0.05, 0) is 48.8 Å². The smallest absolute Gasteiger partial charge is 0.237 e. The minimum absolute atomic E-state index is 0.0497. The summed E-state index contributed by atoms with van der Waals surface area (Å²) in [5.41, 5.74) is 3.64. The molecular weight excluding hydrogens is 364 g/mol. The molecule has 0 spiro atoms. The monoisotopic (exact) mass is 396 g/mol. The molecule has 3 heterocycles. The van der Waals surface area contributed by atoms with Gasteiger partial charge in [0, 0.05) is 49.2 Å². The number of nitrogens with zero attached hydrogens (tertiary/aromatic N) is 1. The number of carbonyl (C=O) groups is 2. The predicted molar refractivity (Wildman–Crippen MR) is 115 cm³/mol. The molecule has 29 heavy (non-hydrogen) atoms.